The van der Waals surface area contributed by atoms with Gasteiger partial charge in [-0.25, -0.2) is 13.1 Å². The van der Waals surface area contributed by atoms with Gasteiger partial charge in [0, 0.05) is 18.8 Å². The average molecular weight is 289 g/mol. The molecule has 4 N–H and O–H groups in total. The van der Waals surface area contributed by atoms with Crippen LogP contribution >= 0.6 is 0 Å². The van der Waals surface area contributed by atoms with Gasteiger partial charge in [-0.15, -0.1) is 0 Å². The zero-order valence-corrected chi connectivity index (χ0v) is 12.0. The molecule has 0 aliphatic rings. The third-order valence-electron chi connectivity index (χ3n) is 2.24. The Labute approximate surface area is 112 Å². The molecule has 1 amide bonds. The number of carbonyl (C=O) groups is 1. The Kier molecular flexibility index (Phi) is 4.90. The monoisotopic (exact) mass is 289 g/mol. The standard InChI is InChI=1S/C10H19N5O3S/c1-4-15-6-8(10(11)14-15)19(17,18)12-5-9(16)13-7(2)3/h6-7,12H,4-5H2,1-3H3,(H2,11,14)(H,13,16). The Bertz CT molecular complexity index is 550. The van der Waals surface area contributed by atoms with Crippen molar-refractivity contribution < 1.29 is 13.2 Å². The Hall–Kier alpha value is -1.61. The van der Waals surface area contributed by atoms with Gasteiger partial charge in [0.05, 0.1) is 6.54 Å². The van der Waals surface area contributed by atoms with Crippen LogP contribution in [0.25, 0.3) is 0 Å². The number of hydrogen-bond donors (Lipinski definition) is 3. The summed E-state index contributed by atoms with van der Waals surface area (Å²) in [6.07, 6.45) is 1.33. The summed E-state index contributed by atoms with van der Waals surface area (Å²) in [7, 11) is -3.83. The van der Waals surface area contributed by atoms with Gasteiger partial charge in [0.2, 0.25) is 15.9 Å². The number of hydrogen-bond acceptors (Lipinski definition) is 5. The molecule has 0 radical (unpaired) electrons. The fraction of sp³-hybridized carbons (Fsp3) is 0.600. The van der Waals surface area contributed by atoms with Crippen LogP contribution < -0.4 is 15.8 Å². The third-order valence-corrected chi connectivity index (χ3v) is 3.66. The molecule has 0 aromatic carbocycles. The number of nitrogens with one attached hydrogen (secondary N) is 2. The molecule has 0 saturated carbocycles. The first-order valence-corrected chi connectivity index (χ1v) is 7.36. The molecule has 0 spiro atoms. The quantitative estimate of drug-likeness (QED) is 0.639. The lowest BCUT2D eigenvalue weighted by atomic mass is 10.4. The van der Waals surface area contributed by atoms with E-state index in [1.54, 1.807) is 13.8 Å². The van der Waals surface area contributed by atoms with Crippen molar-refractivity contribution >= 4 is 21.7 Å². The van der Waals surface area contributed by atoms with Crippen molar-refractivity contribution in [3.63, 3.8) is 0 Å². The smallest absolute Gasteiger partial charge is 0.246 e. The van der Waals surface area contributed by atoms with Crippen LogP contribution in [0.3, 0.4) is 0 Å². The predicted molar refractivity (Wildman–Crippen MR) is 70.8 cm³/mol. The second-order valence-electron chi connectivity index (χ2n) is 4.28. The summed E-state index contributed by atoms with van der Waals surface area (Å²) >= 11 is 0. The lowest BCUT2D eigenvalue weighted by Crippen LogP contribution is -2.39. The van der Waals surface area contributed by atoms with Crippen LogP contribution in [0.4, 0.5) is 5.82 Å². The van der Waals surface area contributed by atoms with Crippen LogP contribution in [-0.4, -0.2) is 36.7 Å². The van der Waals surface area contributed by atoms with Crippen LogP contribution in [0, 0.1) is 0 Å². The van der Waals surface area contributed by atoms with Gasteiger partial charge in [0.25, 0.3) is 0 Å². The second-order valence-corrected chi connectivity index (χ2v) is 6.02. The minimum atomic E-state index is -3.83. The van der Waals surface area contributed by atoms with Crippen LogP contribution in [0.2, 0.25) is 0 Å². The van der Waals surface area contributed by atoms with E-state index in [1.807, 2.05) is 6.92 Å². The van der Waals surface area contributed by atoms with E-state index < -0.39 is 15.9 Å². The van der Waals surface area contributed by atoms with E-state index in [9.17, 15) is 13.2 Å². The summed E-state index contributed by atoms with van der Waals surface area (Å²) in [5.74, 6) is -0.487. The molecule has 8 nitrogen and oxygen atoms in total. The maximum Gasteiger partial charge on any atom is 0.246 e. The van der Waals surface area contributed by atoms with Crippen molar-refractivity contribution in [1.82, 2.24) is 19.8 Å². The SMILES string of the molecule is CCn1cc(S(=O)(=O)NCC(=O)NC(C)C)c(N)n1. The second kappa shape index (κ2) is 6.02. The van der Waals surface area contributed by atoms with Crippen LogP contribution in [0.1, 0.15) is 20.8 Å². The van der Waals surface area contributed by atoms with Gasteiger partial charge in [-0.1, -0.05) is 0 Å². The maximum atomic E-state index is 11.9. The molecule has 0 aliphatic carbocycles. The molecule has 19 heavy (non-hydrogen) atoms. The van der Waals surface area contributed by atoms with Crippen molar-refractivity contribution in [2.45, 2.75) is 38.3 Å². The van der Waals surface area contributed by atoms with E-state index in [0.29, 0.717) is 6.54 Å². The first-order valence-electron chi connectivity index (χ1n) is 5.88. The van der Waals surface area contributed by atoms with Crippen LogP contribution in [-0.2, 0) is 21.4 Å². The van der Waals surface area contributed by atoms with Gasteiger partial charge in [-0.3, -0.25) is 9.48 Å². The van der Waals surface area contributed by atoms with Gasteiger partial charge >= 0.3 is 0 Å². The van der Waals surface area contributed by atoms with E-state index in [1.165, 1.54) is 10.9 Å². The molecule has 0 aliphatic heterocycles. The molecule has 1 heterocycles. The third kappa shape index (κ3) is 4.21. The van der Waals surface area contributed by atoms with Crippen molar-refractivity contribution in [1.29, 1.82) is 0 Å². The topological polar surface area (TPSA) is 119 Å². The summed E-state index contributed by atoms with van der Waals surface area (Å²) in [6, 6.07) is -0.0510. The molecular formula is C10H19N5O3S. The summed E-state index contributed by atoms with van der Waals surface area (Å²) in [5, 5.41) is 6.43. The molecule has 1 aromatic rings. The van der Waals surface area contributed by atoms with Crippen LogP contribution in [0.5, 0.6) is 0 Å². The number of carbonyl (C=O) groups excluding carboxylic acids is 1. The Morgan fingerprint density at radius 1 is 1.53 bits per heavy atom. The number of aryl methyl sites for hydroxylation is 1. The van der Waals surface area contributed by atoms with Gasteiger partial charge < -0.3 is 11.1 Å². The normalized spacial score (nSPS) is 11.8. The summed E-state index contributed by atoms with van der Waals surface area (Å²) < 4.78 is 27.5. The van der Waals surface area contributed by atoms with Gasteiger partial charge in [0.15, 0.2) is 5.82 Å². The van der Waals surface area contributed by atoms with Crippen molar-refractivity contribution in [2.24, 2.45) is 0 Å². The van der Waals surface area contributed by atoms with E-state index >= 15 is 0 Å². The molecule has 0 atom stereocenters. The predicted octanol–water partition coefficient (Wildman–Crippen LogP) is -0.712. The number of sulfonamides is 1. The zero-order chi connectivity index (χ0) is 14.6. The summed E-state index contributed by atoms with van der Waals surface area (Å²) in [6.45, 7) is 5.56. The molecule has 0 bridgehead atoms. The molecule has 0 fully saturated rings. The lowest BCUT2D eigenvalue weighted by molar-refractivity contribution is -0.120. The Balaban J connectivity index is 2.76. The number of amides is 1. The minimum absolute atomic E-state index is 0.0510. The molecule has 0 unspecified atom stereocenters. The first kappa shape index (κ1) is 15.4. The zero-order valence-electron chi connectivity index (χ0n) is 11.2. The van der Waals surface area contributed by atoms with E-state index in [0.717, 1.165) is 0 Å². The maximum absolute atomic E-state index is 11.9. The summed E-state index contributed by atoms with van der Waals surface area (Å²) in [5.41, 5.74) is 5.54. The number of nitrogens with two attached hydrogens (primary N) is 1. The van der Waals surface area contributed by atoms with Gasteiger partial charge in [0.1, 0.15) is 4.90 Å². The number of aromatic nitrogens is 2. The number of nitrogen functional groups attached to an aromatic ring is 1. The van der Waals surface area contributed by atoms with Crippen molar-refractivity contribution in [2.75, 3.05) is 12.3 Å². The average Bonchev–Trinajstić information content (AvgIpc) is 2.68. The lowest BCUT2D eigenvalue weighted by Gasteiger charge is -2.09. The highest BCUT2D eigenvalue weighted by molar-refractivity contribution is 7.89. The highest BCUT2D eigenvalue weighted by Crippen LogP contribution is 2.15. The fourth-order valence-electron chi connectivity index (χ4n) is 1.40. The van der Waals surface area contributed by atoms with Crippen LogP contribution in [0.15, 0.2) is 11.1 Å². The number of nitrogens with zero attached hydrogens (tertiary/aromatic N) is 2. The molecule has 0 saturated heterocycles. The molecule has 1 aromatic heterocycles. The van der Waals surface area contributed by atoms with E-state index in [2.05, 4.69) is 15.1 Å². The highest BCUT2D eigenvalue weighted by atomic mass is 32.2. The Morgan fingerprint density at radius 2 is 2.16 bits per heavy atom. The van der Waals surface area contributed by atoms with E-state index in [4.69, 9.17) is 5.73 Å². The molecular weight excluding hydrogens is 270 g/mol. The largest absolute Gasteiger partial charge is 0.381 e. The van der Waals surface area contributed by atoms with E-state index in [-0.39, 0.29) is 23.3 Å². The van der Waals surface area contributed by atoms with Gasteiger partial charge in [-0.05, 0) is 20.8 Å². The summed E-state index contributed by atoms with van der Waals surface area (Å²) in [4.78, 5) is 11.3. The fourth-order valence-corrected chi connectivity index (χ4v) is 2.45. The van der Waals surface area contributed by atoms with Gasteiger partial charge in [-0.2, -0.15) is 5.10 Å². The first-order chi connectivity index (χ1) is 8.76. The van der Waals surface area contributed by atoms with Crippen molar-refractivity contribution in [3.05, 3.63) is 6.20 Å². The Morgan fingerprint density at radius 3 is 2.63 bits per heavy atom. The molecule has 9 heteroatoms. The number of anilines is 1. The van der Waals surface area contributed by atoms with Crippen molar-refractivity contribution in [3.8, 4) is 0 Å². The minimum Gasteiger partial charge on any atom is -0.381 e. The number of rotatable bonds is 6. The highest BCUT2D eigenvalue weighted by Gasteiger charge is 2.21. The molecule has 108 valence electrons. The molecule has 1 rings (SSSR count).